The maximum Gasteiger partial charge on any atom is 0.255 e. The Morgan fingerprint density at radius 1 is 1.07 bits per heavy atom. The number of aliphatic hydroxyl groups is 2. The molecule has 0 unspecified atom stereocenters. The Morgan fingerprint density at radius 2 is 1.71 bits per heavy atom. The quantitative estimate of drug-likeness (QED) is 0.263. The monoisotopic (exact) mass is 612 g/mol. The normalized spacial score (nSPS) is 29.8. The van der Waals surface area contributed by atoms with Crippen molar-refractivity contribution in [2.24, 2.45) is 22.6 Å². The lowest BCUT2D eigenvalue weighted by Gasteiger charge is -2.58. The molecule has 2 aromatic carbocycles. The van der Waals surface area contributed by atoms with Crippen molar-refractivity contribution >= 4 is 23.2 Å². The van der Waals surface area contributed by atoms with Crippen molar-refractivity contribution in [3.8, 4) is 22.9 Å². The maximum atomic E-state index is 14.5. The standard InChI is InChI=1S/C33H36N6O6/c1-38(2)27-26(42)23(30(35)45)28(43)32(16-34)29(44)24-25(41)22-20(13-31(24,36)15-33(27,32)37)19(9-10-21(22)40)18-7-5-17(6-8-18)14-39-11-3-4-12-39/h5-10,27,40-41,43H,3-4,11-15,36-37H2,1-2H3,(H2,35,45)/t27-,31-,32+,33-/m1/s1. The Labute approximate surface area is 260 Å². The van der Waals surface area contributed by atoms with E-state index in [0.717, 1.165) is 30.8 Å². The minimum atomic E-state index is -2.69. The Hall–Kier alpha value is -4.54. The van der Waals surface area contributed by atoms with E-state index >= 15 is 0 Å². The summed E-state index contributed by atoms with van der Waals surface area (Å²) in [5.41, 5.74) is 14.4. The molecule has 1 saturated heterocycles. The summed E-state index contributed by atoms with van der Waals surface area (Å²) in [7, 11) is 2.97. The fraction of sp³-hybridized carbons (Fsp3) is 0.394. The first-order valence-corrected chi connectivity index (χ1v) is 14.8. The van der Waals surface area contributed by atoms with Crippen molar-refractivity contribution in [1.82, 2.24) is 9.80 Å². The van der Waals surface area contributed by atoms with Gasteiger partial charge in [-0.3, -0.25) is 24.2 Å². The number of rotatable bonds is 5. The number of nitrogens with two attached hydrogens (primary N) is 3. The number of fused-ring (bicyclic) bond motifs is 3. The summed E-state index contributed by atoms with van der Waals surface area (Å²) >= 11 is 0. The predicted molar refractivity (Wildman–Crippen MR) is 164 cm³/mol. The van der Waals surface area contributed by atoms with Gasteiger partial charge in [0.2, 0.25) is 0 Å². The summed E-state index contributed by atoms with van der Waals surface area (Å²) in [4.78, 5) is 44.2. The number of aliphatic hydroxyl groups excluding tert-OH is 2. The number of carbonyl (C=O) groups is 3. The van der Waals surface area contributed by atoms with Gasteiger partial charge in [-0.1, -0.05) is 30.3 Å². The van der Waals surface area contributed by atoms with Gasteiger partial charge in [-0.05, 0) is 81.2 Å². The largest absolute Gasteiger partial charge is 0.509 e. The maximum absolute atomic E-state index is 14.5. The molecule has 4 aliphatic rings. The van der Waals surface area contributed by atoms with E-state index in [2.05, 4.69) is 4.90 Å². The van der Waals surface area contributed by atoms with Gasteiger partial charge in [-0.25, -0.2) is 0 Å². The highest BCUT2D eigenvalue weighted by molar-refractivity contribution is 6.25. The second-order valence-corrected chi connectivity index (χ2v) is 12.9. The number of benzene rings is 2. The van der Waals surface area contributed by atoms with Crippen LogP contribution in [0.5, 0.6) is 5.75 Å². The molecule has 6 rings (SSSR count). The first-order valence-electron chi connectivity index (χ1n) is 14.8. The lowest BCUT2D eigenvalue weighted by atomic mass is 9.47. The second-order valence-electron chi connectivity index (χ2n) is 12.9. The average Bonchev–Trinajstić information content (AvgIpc) is 3.46. The van der Waals surface area contributed by atoms with Gasteiger partial charge in [0.05, 0.1) is 34.3 Å². The van der Waals surface area contributed by atoms with E-state index in [4.69, 9.17) is 17.2 Å². The number of nitrogens with zero attached hydrogens (tertiary/aromatic N) is 3. The number of ketones is 2. The van der Waals surface area contributed by atoms with Gasteiger partial charge in [0.25, 0.3) is 5.91 Å². The minimum absolute atomic E-state index is 0.0367. The number of likely N-dealkylation sites (N-methyl/N-ethyl adjacent to an activating group) is 1. The lowest BCUT2D eigenvalue weighted by molar-refractivity contribution is -0.139. The van der Waals surface area contributed by atoms with Gasteiger partial charge in [0.1, 0.15) is 22.8 Å². The number of primary amides is 1. The molecule has 0 bridgehead atoms. The van der Waals surface area contributed by atoms with Gasteiger partial charge >= 0.3 is 0 Å². The first-order chi connectivity index (χ1) is 21.2. The molecule has 1 amide bonds. The third-order valence-electron chi connectivity index (χ3n) is 10.0. The van der Waals surface area contributed by atoms with E-state index in [1.165, 1.54) is 37.9 Å². The molecule has 2 fully saturated rings. The van der Waals surface area contributed by atoms with E-state index in [1.54, 1.807) is 12.1 Å². The molecular formula is C33H36N6O6. The summed E-state index contributed by atoms with van der Waals surface area (Å²) in [6.45, 7) is 2.95. The molecular weight excluding hydrogens is 576 g/mol. The van der Waals surface area contributed by atoms with Crippen LogP contribution in [-0.4, -0.2) is 86.9 Å². The number of phenolic OH excluding ortho intramolecular Hbond substituents is 1. The molecule has 45 heavy (non-hydrogen) atoms. The molecule has 0 aromatic heterocycles. The van der Waals surface area contributed by atoms with Crippen LogP contribution in [0.3, 0.4) is 0 Å². The molecule has 1 saturated carbocycles. The van der Waals surface area contributed by atoms with E-state index in [9.17, 15) is 35.0 Å². The Morgan fingerprint density at radius 3 is 2.29 bits per heavy atom. The number of likely N-dealkylation sites (tertiary alicyclic amines) is 1. The number of phenols is 1. The van der Waals surface area contributed by atoms with Crippen LogP contribution in [0, 0.1) is 16.7 Å². The summed E-state index contributed by atoms with van der Waals surface area (Å²) in [6.07, 6.45) is 1.85. The number of carbonyl (C=O) groups excluding carboxylic acids is 3. The van der Waals surface area contributed by atoms with Gasteiger partial charge in [-0.2, -0.15) is 5.26 Å². The SMILES string of the molecule is CN(C)[C@@H]1C(=O)C(C(N)=O)=C(O)[C@@]2(C#N)C(=O)C3=C(O)c4c(O)ccc(-c5ccc(CN6CCCC6)cc5)c4C[C@@]3(N)C[C@@]12N. The summed E-state index contributed by atoms with van der Waals surface area (Å²) in [6, 6.07) is 11.4. The van der Waals surface area contributed by atoms with Crippen LogP contribution in [0.25, 0.3) is 16.9 Å². The van der Waals surface area contributed by atoms with Crippen molar-refractivity contribution in [3.63, 3.8) is 0 Å². The highest BCUT2D eigenvalue weighted by Gasteiger charge is 2.74. The van der Waals surface area contributed by atoms with E-state index < -0.39 is 69.1 Å². The molecule has 234 valence electrons. The molecule has 0 radical (unpaired) electrons. The fourth-order valence-electron chi connectivity index (χ4n) is 8.09. The van der Waals surface area contributed by atoms with Gasteiger partial charge in [0, 0.05) is 6.54 Å². The molecule has 2 aromatic rings. The van der Waals surface area contributed by atoms with Crippen LogP contribution in [0.1, 0.15) is 36.0 Å². The molecule has 0 spiro atoms. The molecule has 9 N–H and O–H groups in total. The van der Waals surface area contributed by atoms with Crippen molar-refractivity contribution < 1.29 is 29.7 Å². The number of amides is 1. The van der Waals surface area contributed by atoms with E-state index in [1.807, 2.05) is 24.3 Å². The highest BCUT2D eigenvalue weighted by atomic mass is 16.3. The molecule has 1 heterocycles. The number of aromatic hydroxyl groups is 1. The zero-order valence-corrected chi connectivity index (χ0v) is 25.1. The highest BCUT2D eigenvalue weighted by Crippen LogP contribution is 2.58. The third-order valence-corrected chi connectivity index (χ3v) is 10.0. The van der Waals surface area contributed by atoms with Crippen LogP contribution < -0.4 is 17.2 Å². The van der Waals surface area contributed by atoms with E-state index in [0.29, 0.717) is 11.1 Å². The zero-order valence-electron chi connectivity index (χ0n) is 25.1. The number of Topliss-reactive ketones (excluding diaryl/α,β-unsaturated/α-hetero) is 2. The van der Waals surface area contributed by atoms with Gasteiger partial charge in [0.15, 0.2) is 17.0 Å². The number of nitriles is 1. The van der Waals surface area contributed by atoms with Crippen LogP contribution in [0.4, 0.5) is 0 Å². The average molecular weight is 613 g/mol. The fourth-order valence-corrected chi connectivity index (χ4v) is 8.09. The molecule has 12 nitrogen and oxygen atoms in total. The van der Waals surface area contributed by atoms with Crippen LogP contribution in [-0.2, 0) is 27.3 Å². The molecule has 3 aliphatic carbocycles. The molecule has 4 atom stereocenters. The van der Waals surface area contributed by atoms with E-state index in [-0.39, 0.29) is 17.7 Å². The summed E-state index contributed by atoms with van der Waals surface area (Å²) in [5, 5.41) is 44.6. The summed E-state index contributed by atoms with van der Waals surface area (Å²) in [5.74, 6) is -5.62. The van der Waals surface area contributed by atoms with Crippen molar-refractivity contribution in [2.75, 3.05) is 27.2 Å². The summed E-state index contributed by atoms with van der Waals surface area (Å²) < 4.78 is 0. The van der Waals surface area contributed by atoms with Crippen LogP contribution in [0.15, 0.2) is 53.3 Å². The molecule has 1 aliphatic heterocycles. The smallest absolute Gasteiger partial charge is 0.255 e. The number of hydrogen-bond acceptors (Lipinski definition) is 11. The Kier molecular flexibility index (Phi) is 6.94. The second kappa shape index (κ2) is 10.3. The lowest BCUT2D eigenvalue weighted by Crippen LogP contribution is -2.80. The Balaban J connectivity index is 1.54. The van der Waals surface area contributed by atoms with Crippen LogP contribution in [0.2, 0.25) is 0 Å². The van der Waals surface area contributed by atoms with Crippen molar-refractivity contribution in [1.29, 1.82) is 5.26 Å². The molecule has 12 heteroatoms. The van der Waals surface area contributed by atoms with Gasteiger partial charge in [-0.15, -0.1) is 0 Å². The van der Waals surface area contributed by atoms with Crippen molar-refractivity contribution in [2.45, 2.75) is 49.3 Å². The minimum Gasteiger partial charge on any atom is -0.509 e. The predicted octanol–water partition coefficient (Wildman–Crippen LogP) is 1.17. The topological polar surface area (TPSA) is 220 Å². The third kappa shape index (κ3) is 4.08. The van der Waals surface area contributed by atoms with Gasteiger partial charge < -0.3 is 32.5 Å². The number of hydrogen-bond donors (Lipinski definition) is 6. The van der Waals surface area contributed by atoms with Crippen molar-refractivity contribution in [3.05, 3.63) is 70.0 Å². The van der Waals surface area contributed by atoms with Crippen LogP contribution >= 0.6 is 0 Å². The zero-order chi connectivity index (χ0) is 32.6. The first kappa shape index (κ1) is 30.5. The Bertz CT molecular complexity index is 1770.